The fraction of sp³-hybridized carbons (Fsp3) is 0.0952. The summed E-state index contributed by atoms with van der Waals surface area (Å²) in [5, 5.41) is 10.2. The molecule has 0 spiro atoms. The van der Waals surface area contributed by atoms with E-state index in [4.69, 9.17) is 16.3 Å². The minimum atomic E-state index is -0.317. The topological polar surface area (TPSA) is 69.0 Å². The van der Waals surface area contributed by atoms with E-state index in [9.17, 15) is 4.79 Å². The van der Waals surface area contributed by atoms with Crippen LogP contribution in [0.2, 0.25) is 5.02 Å². The number of carbonyl (C=O) groups is 1. The van der Waals surface area contributed by atoms with Gasteiger partial charge in [0.1, 0.15) is 16.5 Å². The predicted octanol–water partition coefficient (Wildman–Crippen LogP) is 5.22. The highest BCUT2D eigenvalue weighted by Gasteiger charge is 2.16. The van der Waals surface area contributed by atoms with E-state index in [0.717, 1.165) is 21.8 Å². The summed E-state index contributed by atoms with van der Waals surface area (Å²) >= 11 is 7.51. The zero-order valence-corrected chi connectivity index (χ0v) is 17.3. The molecule has 0 saturated carbocycles. The van der Waals surface area contributed by atoms with E-state index in [1.54, 1.807) is 28.4 Å². The summed E-state index contributed by atoms with van der Waals surface area (Å²) in [6, 6.07) is 13.3. The van der Waals surface area contributed by atoms with Gasteiger partial charge in [-0.15, -0.1) is 11.3 Å². The van der Waals surface area contributed by atoms with Crippen molar-refractivity contribution in [1.29, 1.82) is 0 Å². The van der Waals surface area contributed by atoms with Crippen molar-refractivity contribution in [3.63, 3.8) is 0 Å². The second kappa shape index (κ2) is 8.06. The van der Waals surface area contributed by atoms with Gasteiger partial charge in [-0.3, -0.25) is 4.79 Å². The van der Waals surface area contributed by atoms with E-state index >= 15 is 0 Å². The molecule has 1 amide bonds. The number of rotatable bonds is 5. The molecule has 4 rings (SSSR count). The molecule has 2 aromatic carbocycles. The Kier molecular flexibility index (Phi) is 5.33. The van der Waals surface area contributed by atoms with Gasteiger partial charge in [0.2, 0.25) is 0 Å². The number of anilines is 1. The van der Waals surface area contributed by atoms with E-state index in [-0.39, 0.29) is 5.91 Å². The van der Waals surface area contributed by atoms with Crippen molar-refractivity contribution in [2.45, 2.75) is 6.92 Å². The number of amides is 1. The molecule has 0 bridgehead atoms. The Labute approximate surface area is 176 Å². The Morgan fingerprint density at radius 1 is 1.24 bits per heavy atom. The van der Waals surface area contributed by atoms with Crippen LogP contribution in [-0.2, 0) is 0 Å². The van der Waals surface area contributed by atoms with Crippen LogP contribution in [0.15, 0.2) is 60.2 Å². The van der Waals surface area contributed by atoms with Gasteiger partial charge in [0.05, 0.1) is 24.7 Å². The zero-order chi connectivity index (χ0) is 20.4. The summed E-state index contributed by atoms with van der Waals surface area (Å²) in [5.74, 6) is 0.177. The number of hydrogen-bond acceptors (Lipinski definition) is 5. The number of methoxy groups -OCH3 is 1. The molecule has 0 aliphatic carbocycles. The van der Waals surface area contributed by atoms with Gasteiger partial charge in [0.25, 0.3) is 5.91 Å². The maximum absolute atomic E-state index is 12.7. The molecule has 0 fully saturated rings. The van der Waals surface area contributed by atoms with Gasteiger partial charge in [-0.05, 0) is 30.7 Å². The van der Waals surface area contributed by atoms with Gasteiger partial charge in [0, 0.05) is 28.2 Å². The first-order valence-electron chi connectivity index (χ1n) is 8.76. The number of halogens is 1. The smallest absolute Gasteiger partial charge is 0.275 e. The predicted molar refractivity (Wildman–Crippen MR) is 115 cm³/mol. The van der Waals surface area contributed by atoms with Gasteiger partial charge in [-0.25, -0.2) is 9.67 Å². The Morgan fingerprint density at radius 2 is 2.03 bits per heavy atom. The molecule has 29 heavy (non-hydrogen) atoms. The number of carbonyl (C=O) groups excluding carboxylic acids is 1. The normalized spacial score (nSPS) is 10.7. The standard InChI is InChI=1S/C21H17ClN4O2S/c1-13-8-17(19(28-2)9-16(13)22)24-20(27)18-12-29-21(25-18)14-10-23-26(11-14)15-6-4-3-5-7-15/h3-12H,1-2H3,(H,24,27). The van der Waals surface area contributed by atoms with Crippen molar-refractivity contribution in [2.24, 2.45) is 0 Å². The van der Waals surface area contributed by atoms with E-state index < -0.39 is 0 Å². The zero-order valence-electron chi connectivity index (χ0n) is 15.7. The molecular weight excluding hydrogens is 408 g/mol. The highest BCUT2D eigenvalue weighted by Crippen LogP contribution is 2.31. The van der Waals surface area contributed by atoms with E-state index in [1.165, 1.54) is 18.4 Å². The van der Waals surface area contributed by atoms with Gasteiger partial charge < -0.3 is 10.1 Å². The number of aromatic nitrogens is 3. The molecule has 0 aliphatic rings. The van der Waals surface area contributed by atoms with Crippen molar-refractivity contribution in [3.8, 4) is 22.0 Å². The van der Waals surface area contributed by atoms with Crippen LogP contribution in [0.5, 0.6) is 5.75 Å². The van der Waals surface area contributed by atoms with Crippen LogP contribution in [0, 0.1) is 6.92 Å². The molecule has 2 aromatic heterocycles. The number of nitrogens with zero attached hydrogens (tertiary/aromatic N) is 3. The Bertz CT molecular complexity index is 1170. The quantitative estimate of drug-likeness (QED) is 0.477. The highest BCUT2D eigenvalue weighted by atomic mass is 35.5. The van der Waals surface area contributed by atoms with Crippen molar-refractivity contribution in [2.75, 3.05) is 12.4 Å². The minimum absolute atomic E-state index is 0.317. The first-order valence-corrected chi connectivity index (χ1v) is 10.0. The van der Waals surface area contributed by atoms with Gasteiger partial charge in [-0.1, -0.05) is 29.8 Å². The number of para-hydroxylation sites is 1. The number of hydrogen-bond donors (Lipinski definition) is 1. The SMILES string of the molecule is COc1cc(Cl)c(C)cc1NC(=O)c1csc(-c2cnn(-c3ccccc3)c2)n1. The van der Waals surface area contributed by atoms with Crippen LogP contribution < -0.4 is 10.1 Å². The van der Waals surface area contributed by atoms with Crippen LogP contribution in [0.4, 0.5) is 5.69 Å². The summed E-state index contributed by atoms with van der Waals surface area (Å²) < 4.78 is 7.08. The Balaban J connectivity index is 1.55. The fourth-order valence-electron chi connectivity index (χ4n) is 2.78. The largest absolute Gasteiger partial charge is 0.495 e. The van der Waals surface area contributed by atoms with Crippen LogP contribution in [0.1, 0.15) is 16.1 Å². The third kappa shape index (κ3) is 4.01. The maximum Gasteiger partial charge on any atom is 0.275 e. The fourth-order valence-corrected chi connectivity index (χ4v) is 3.71. The van der Waals surface area contributed by atoms with Crippen molar-refractivity contribution >= 4 is 34.5 Å². The molecule has 0 saturated heterocycles. The minimum Gasteiger partial charge on any atom is -0.495 e. The third-order valence-electron chi connectivity index (χ3n) is 4.32. The first-order chi connectivity index (χ1) is 14.0. The summed E-state index contributed by atoms with van der Waals surface area (Å²) in [4.78, 5) is 17.1. The number of ether oxygens (including phenoxy) is 1. The van der Waals surface area contributed by atoms with E-state index in [1.807, 2.05) is 43.5 Å². The second-order valence-electron chi connectivity index (χ2n) is 6.30. The number of benzene rings is 2. The molecule has 6 nitrogen and oxygen atoms in total. The highest BCUT2D eigenvalue weighted by molar-refractivity contribution is 7.13. The summed E-state index contributed by atoms with van der Waals surface area (Å²) in [6.45, 7) is 1.86. The molecule has 2 heterocycles. The van der Waals surface area contributed by atoms with Crippen LogP contribution in [0.25, 0.3) is 16.3 Å². The average molecular weight is 425 g/mol. The van der Waals surface area contributed by atoms with Crippen molar-refractivity contribution in [1.82, 2.24) is 14.8 Å². The lowest BCUT2D eigenvalue weighted by molar-refractivity contribution is 0.102. The van der Waals surface area contributed by atoms with Crippen molar-refractivity contribution < 1.29 is 9.53 Å². The van der Waals surface area contributed by atoms with Crippen LogP contribution in [-0.4, -0.2) is 27.8 Å². The van der Waals surface area contributed by atoms with Gasteiger partial charge in [0.15, 0.2) is 0 Å². The lowest BCUT2D eigenvalue weighted by atomic mass is 10.2. The molecule has 0 radical (unpaired) electrons. The molecule has 0 unspecified atom stereocenters. The molecule has 8 heteroatoms. The first kappa shape index (κ1) is 19.2. The number of nitrogens with one attached hydrogen (secondary N) is 1. The summed E-state index contributed by atoms with van der Waals surface area (Å²) in [5.41, 5.74) is 3.52. The lowest BCUT2D eigenvalue weighted by Gasteiger charge is -2.11. The van der Waals surface area contributed by atoms with Crippen molar-refractivity contribution in [3.05, 3.63) is 76.5 Å². The molecule has 0 aliphatic heterocycles. The third-order valence-corrected chi connectivity index (χ3v) is 5.61. The van der Waals surface area contributed by atoms with E-state index in [2.05, 4.69) is 15.4 Å². The average Bonchev–Trinajstić information content (AvgIpc) is 3.41. The summed E-state index contributed by atoms with van der Waals surface area (Å²) in [7, 11) is 1.53. The van der Waals surface area contributed by atoms with Gasteiger partial charge >= 0.3 is 0 Å². The molecule has 146 valence electrons. The Morgan fingerprint density at radius 3 is 2.79 bits per heavy atom. The second-order valence-corrected chi connectivity index (χ2v) is 7.57. The van der Waals surface area contributed by atoms with E-state index in [0.29, 0.717) is 22.2 Å². The molecule has 0 atom stereocenters. The lowest BCUT2D eigenvalue weighted by Crippen LogP contribution is -2.13. The number of aryl methyl sites for hydroxylation is 1. The van der Waals surface area contributed by atoms with Crippen LogP contribution >= 0.6 is 22.9 Å². The molecule has 1 N–H and O–H groups in total. The summed E-state index contributed by atoms with van der Waals surface area (Å²) in [6.07, 6.45) is 3.63. The molecule has 4 aromatic rings. The monoisotopic (exact) mass is 424 g/mol. The Hall–Kier alpha value is -3.16. The number of thiazole rings is 1. The maximum atomic E-state index is 12.7. The van der Waals surface area contributed by atoms with Crippen LogP contribution in [0.3, 0.4) is 0 Å². The van der Waals surface area contributed by atoms with Gasteiger partial charge in [-0.2, -0.15) is 5.10 Å². The molecular formula is C21H17ClN4O2S.